The standard InChI is InChI=1S/C23H18N4O11S3/c24-14-7-5-12(6-8-14)23(29)25-17-11-15(39(30,31)32)9-13-10-19(41(36,37)38)21(22(28)20(13)17)27-26-16-3-1-2-4-18(16)40(33,34)35/h1-11,28H,24H2,(H,25,29)(H,30,31,32)(H,33,34,35)(H,36,37,38). The second-order valence-electron chi connectivity index (χ2n) is 8.31. The first-order valence-corrected chi connectivity index (χ1v) is 15.2. The Morgan fingerprint density at radius 3 is 1.95 bits per heavy atom. The van der Waals surface area contributed by atoms with Gasteiger partial charge in [-0.2, -0.15) is 25.3 Å². The van der Waals surface area contributed by atoms with Crippen molar-refractivity contribution in [3.63, 3.8) is 0 Å². The lowest BCUT2D eigenvalue weighted by atomic mass is 10.1. The molecule has 214 valence electrons. The molecule has 4 rings (SSSR count). The molecule has 18 heteroatoms. The number of benzene rings is 4. The minimum atomic E-state index is -5.21. The molecule has 0 spiro atoms. The van der Waals surface area contributed by atoms with E-state index < -0.39 is 84.5 Å². The Morgan fingerprint density at radius 1 is 0.756 bits per heavy atom. The van der Waals surface area contributed by atoms with E-state index in [-0.39, 0.29) is 5.56 Å². The van der Waals surface area contributed by atoms with Gasteiger partial charge in [-0.25, -0.2) is 0 Å². The molecule has 0 saturated heterocycles. The summed E-state index contributed by atoms with van der Waals surface area (Å²) in [4.78, 5) is 10.3. The normalized spacial score (nSPS) is 12.6. The Labute approximate surface area is 232 Å². The van der Waals surface area contributed by atoms with Crippen LogP contribution in [0.1, 0.15) is 10.4 Å². The summed E-state index contributed by atoms with van der Waals surface area (Å²) >= 11 is 0. The molecule has 4 aromatic carbocycles. The summed E-state index contributed by atoms with van der Waals surface area (Å²) in [5, 5.41) is 19.9. The molecule has 7 N–H and O–H groups in total. The van der Waals surface area contributed by atoms with Crippen molar-refractivity contribution in [2.75, 3.05) is 11.1 Å². The number of phenols is 1. The highest BCUT2D eigenvalue weighted by molar-refractivity contribution is 7.86. The van der Waals surface area contributed by atoms with Crippen LogP contribution < -0.4 is 11.1 Å². The average molecular weight is 623 g/mol. The van der Waals surface area contributed by atoms with Gasteiger partial charge >= 0.3 is 0 Å². The number of hydrogen-bond donors (Lipinski definition) is 6. The molecule has 0 bridgehead atoms. The number of nitrogens with zero attached hydrogens (tertiary/aromatic N) is 2. The summed E-state index contributed by atoms with van der Waals surface area (Å²) in [6.45, 7) is 0. The number of azo groups is 1. The minimum absolute atomic E-state index is 0.0420. The van der Waals surface area contributed by atoms with Crippen LogP contribution in [0.15, 0.2) is 91.6 Å². The molecular weight excluding hydrogens is 604 g/mol. The van der Waals surface area contributed by atoms with E-state index in [1.165, 1.54) is 36.4 Å². The number of rotatable bonds is 7. The van der Waals surface area contributed by atoms with Gasteiger partial charge in [-0.15, -0.1) is 10.2 Å². The van der Waals surface area contributed by atoms with Crippen molar-refractivity contribution in [2.45, 2.75) is 14.7 Å². The van der Waals surface area contributed by atoms with E-state index in [2.05, 4.69) is 15.5 Å². The zero-order chi connectivity index (χ0) is 30.3. The van der Waals surface area contributed by atoms with Crippen molar-refractivity contribution in [1.82, 2.24) is 0 Å². The highest BCUT2D eigenvalue weighted by Gasteiger charge is 2.26. The van der Waals surface area contributed by atoms with Gasteiger partial charge in [0.25, 0.3) is 36.3 Å². The first-order valence-electron chi connectivity index (χ1n) is 10.9. The fourth-order valence-electron chi connectivity index (χ4n) is 3.69. The number of aromatic hydroxyl groups is 1. The Bertz CT molecular complexity index is 2080. The molecule has 1 amide bonds. The van der Waals surface area contributed by atoms with Gasteiger partial charge in [0.05, 0.1) is 10.6 Å². The molecule has 0 radical (unpaired) electrons. The molecule has 15 nitrogen and oxygen atoms in total. The molecule has 0 aliphatic carbocycles. The number of hydrogen-bond acceptors (Lipinski definition) is 11. The molecular formula is C23H18N4O11S3. The number of fused-ring (bicyclic) bond motifs is 1. The minimum Gasteiger partial charge on any atom is -0.505 e. The smallest absolute Gasteiger partial charge is 0.296 e. The van der Waals surface area contributed by atoms with Crippen molar-refractivity contribution in [3.8, 4) is 5.75 Å². The third kappa shape index (κ3) is 6.32. The maximum absolute atomic E-state index is 12.9. The number of phenolic OH excluding ortho intramolecular Hbond substituents is 1. The van der Waals surface area contributed by atoms with Gasteiger partial charge in [-0.1, -0.05) is 12.1 Å². The zero-order valence-corrected chi connectivity index (χ0v) is 22.6. The van der Waals surface area contributed by atoms with Crippen LogP contribution in [-0.4, -0.2) is 49.9 Å². The SMILES string of the molecule is Nc1ccc(C(=O)Nc2cc(S(=O)(=O)O)cc3cc(S(=O)(=O)O)c(N=Nc4ccccc4S(=O)(=O)O)c(O)c23)cc1. The fourth-order valence-corrected chi connectivity index (χ4v) is 5.52. The summed E-state index contributed by atoms with van der Waals surface area (Å²) in [5.41, 5.74) is 4.14. The van der Waals surface area contributed by atoms with E-state index in [1.54, 1.807) is 0 Å². The van der Waals surface area contributed by atoms with Gasteiger partial charge in [0, 0.05) is 16.6 Å². The van der Waals surface area contributed by atoms with Gasteiger partial charge in [0.1, 0.15) is 21.2 Å². The summed E-state index contributed by atoms with van der Waals surface area (Å²) < 4.78 is 101. The molecule has 0 aliphatic heterocycles. The maximum Gasteiger partial charge on any atom is 0.296 e. The molecule has 0 saturated carbocycles. The number of amides is 1. The van der Waals surface area contributed by atoms with E-state index >= 15 is 0 Å². The van der Waals surface area contributed by atoms with Gasteiger partial charge in [0.15, 0.2) is 5.75 Å². The quantitative estimate of drug-likeness (QED) is 0.0982. The van der Waals surface area contributed by atoms with Gasteiger partial charge < -0.3 is 16.2 Å². The third-order valence-electron chi connectivity index (χ3n) is 5.52. The van der Waals surface area contributed by atoms with Crippen LogP contribution in [0.4, 0.5) is 22.7 Å². The van der Waals surface area contributed by atoms with Crippen molar-refractivity contribution < 1.29 is 48.8 Å². The molecule has 0 heterocycles. The lowest BCUT2D eigenvalue weighted by Crippen LogP contribution is -2.13. The zero-order valence-electron chi connectivity index (χ0n) is 20.2. The fraction of sp³-hybridized carbons (Fsp3) is 0. The molecule has 0 atom stereocenters. The van der Waals surface area contributed by atoms with Crippen LogP contribution in [0.5, 0.6) is 5.75 Å². The Hall–Kier alpha value is -4.46. The van der Waals surface area contributed by atoms with Gasteiger partial charge in [-0.05, 0) is 60.0 Å². The number of anilines is 2. The lowest BCUT2D eigenvalue weighted by molar-refractivity contribution is 0.102. The number of nitrogen functional groups attached to an aromatic ring is 1. The topological polar surface area (TPSA) is 263 Å². The monoisotopic (exact) mass is 622 g/mol. The van der Waals surface area contributed by atoms with Gasteiger partial charge in [-0.3, -0.25) is 18.5 Å². The lowest BCUT2D eigenvalue weighted by Gasteiger charge is -2.15. The Kier molecular flexibility index (Phi) is 7.56. The van der Waals surface area contributed by atoms with Crippen LogP contribution in [0, 0.1) is 0 Å². The molecule has 0 fully saturated rings. The van der Waals surface area contributed by atoms with Gasteiger partial charge in [0.2, 0.25) is 0 Å². The van der Waals surface area contributed by atoms with Crippen molar-refractivity contribution in [1.29, 1.82) is 0 Å². The predicted octanol–water partition coefficient (Wildman–Crippen LogP) is 3.54. The molecule has 41 heavy (non-hydrogen) atoms. The number of nitrogens with one attached hydrogen (secondary N) is 1. The predicted molar refractivity (Wildman–Crippen MR) is 144 cm³/mol. The summed E-state index contributed by atoms with van der Waals surface area (Å²) in [6, 6.07) is 12.3. The van der Waals surface area contributed by atoms with E-state index in [9.17, 15) is 48.8 Å². The van der Waals surface area contributed by atoms with Crippen LogP contribution in [0.3, 0.4) is 0 Å². The largest absolute Gasteiger partial charge is 0.505 e. The van der Waals surface area contributed by atoms with E-state index in [4.69, 9.17) is 5.73 Å². The van der Waals surface area contributed by atoms with Crippen LogP contribution >= 0.6 is 0 Å². The van der Waals surface area contributed by atoms with E-state index in [0.29, 0.717) is 11.8 Å². The van der Waals surface area contributed by atoms with E-state index in [0.717, 1.165) is 24.3 Å². The molecule has 0 aliphatic rings. The van der Waals surface area contributed by atoms with Crippen molar-refractivity contribution in [3.05, 3.63) is 72.3 Å². The van der Waals surface area contributed by atoms with E-state index in [1.807, 2.05) is 0 Å². The second kappa shape index (κ2) is 10.5. The summed E-state index contributed by atoms with van der Waals surface area (Å²) in [5.74, 6) is -1.87. The first kappa shape index (κ1) is 29.5. The van der Waals surface area contributed by atoms with Crippen LogP contribution in [0.25, 0.3) is 10.8 Å². The summed E-state index contributed by atoms with van der Waals surface area (Å²) in [7, 11) is -15.0. The molecule has 4 aromatic rings. The van der Waals surface area contributed by atoms with Crippen LogP contribution in [-0.2, 0) is 30.4 Å². The highest BCUT2D eigenvalue weighted by Crippen LogP contribution is 2.45. The second-order valence-corrected chi connectivity index (χ2v) is 12.5. The summed E-state index contributed by atoms with van der Waals surface area (Å²) in [6.07, 6.45) is 0. The molecule has 0 aromatic heterocycles. The first-order chi connectivity index (χ1) is 19.0. The Morgan fingerprint density at radius 2 is 1.37 bits per heavy atom. The number of carbonyl (C=O) groups excluding carboxylic acids is 1. The highest BCUT2D eigenvalue weighted by atomic mass is 32.2. The van der Waals surface area contributed by atoms with Crippen molar-refractivity contribution >= 4 is 69.8 Å². The molecule has 0 unspecified atom stereocenters. The Balaban J connectivity index is 2.01. The number of carbonyl (C=O) groups is 1. The third-order valence-corrected chi connectivity index (χ3v) is 8.12. The number of nitrogens with two attached hydrogens (primary N) is 1. The van der Waals surface area contributed by atoms with Crippen LogP contribution in [0.2, 0.25) is 0 Å². The van der Waals surface area contributed by atoms with Crippen molar-refractivity contribution in [2.24, 2.45) is 10.2 Å². The maximum atomic E-state index is 12.9. The average Bonchev–Trinajstić information content (AvgIpc) is 2.86.